The molecule has 0 saturated heterocycles. The first-order valence-electron chi connectivity index (χ1n) is 4.15. The number of ether oxygens (including phenoxy) is 1. The summed E-state index contributed by atoms with van der Waals surface area (Å²) in [4.78, 5) is 14.2. The summed E-state index contributed by atoms with van der Waals surface area (Å²) in [7, 11) is 0. The number of rotatable bonds is 6. The molecule has 0 heterocycles. The van der Waals surface area contributed by atoms with E-state index in [4.69, 9.17) is 9.99 Å². The van der Waals surface area contributed by atoms with Gasteiger partial charge in [0.15, 0.2) is 0 Å². The van der Waals surface area contributed by atoms with E-state index in [0.29, 0.717) is 13.2 Å². The molecule has 0 amide bonds. The summed E-state index contributed by atoms with van der Waals surface area (Å²) in [5, 5.41) is 8.00. The van der Waals surface area contributed by atoms with Crippen LogP contribution < -0.4 is 0 Å². The van der Waals surface area contributed by atoms with Gasteiger partial charge in [0.2, 0.25) is 0 Å². The Morgan fingerprint density at radius 1 is 1.58 bits per heavy atom. The number of carbonyl (C=O) groups is 1. The second-order valence-corrected chi connectivity index (χ2v) is 2.74. The van der Waals surface area contributed by atoms with Gasteiger partial charge in [-0.3, -0.25) is 0 Å². The first-order chi connectivity index (χ1) is 5.72. The number of unbranched alkanes of at least 4 members (excludes halogenated alkanes) is 1. The van der Waals surface area contributed by atoms with E-state index in [1.54, 1.807) is 6.92 Å². The molecule has 0 aliphatic carbocycles. The highest BCUT2D eigenvalue weighted by Gasteiger charge is 2.13. The van der Waals surface area contributed by atoms with Gasteiger partial charge in [-0.15, -0.1) is 0 Å². The van der Waals surface area contributed by atoms with E-state index in [1.165, 1.54) is 0 Å². The Hall–Kier alpha value is -0.610. The van der Waals surface area contributed by atoms with Crippen LogP contribution in [-0.4, -0.2) is 24.4 Å². The lowest BCUT2D eigenvalue weighted by Crippen LogP contribution is -2.18. The number of hydrogen-bond acceptors (Lipinski definition) is 4. The average molecular weight is 176 g/mol. The lowest BCUT2D eigenvalue weighted by Gasteiger charge is -2.07. The van der Waals surface area contributed by atoms with E-state index >= 15 is 0 Å². The molecule has 0 aliphatic heterocycles. The second kappa shape index (κ2) is 7.06. The van der Waals surface area contributed by atoms with Crippen LogP contribution in [0.2, 0.25) is 0 Å². The summed E-state index contributed by atoms with van der Waals surface area (Å²) < 4.78 is 5.15. The average Bonchev–Trinajstić information content (AvgIpc) is 2.10. The van der Waals surface area contributed by atoms with Crippen molar-refractivity contribution < 1.29 is 19.7 Å². The molecule has 0 aromatic heterocycles. The van der Waals surface area contributed by atoms with Crippen LogP contribution in [-0.2, 0) is 14.4 Å². The number of hydrogen-bond donors (Lipinski definition) is 1. The lowest BCUT2D eigenvalue weighted by molar-refractivity contribution is -0.239. The third-order valence-electron chi connectivity index (χ3n) is 1.50. The van der Waals surface area contributed by atoms with E-state index < -0.39 is 11.9 Å². The molecule has 0 radical (unpaired) electrons. The Labute approximate surface area is 72.4 Å². The van der Waals surface area contributed by atoms with Crippen LogP contribution in [0.15, 0.2) is 0 Å². The molecule has 0 rings (SSSR count). The normalized spacial score (nSPS) is 12.6. The third kappa shape index (κ3) is 5.09. The monoisotopic (exact) mass is 176 g/mol. The maximum absolute atomic E-state index is 10.6. The summed E-state index contributed by atoms with van der Waals surface area (Å²) in [6.07, 6.45) is 2.06. The quantitative estimate of drug-likeness (QED) is 0.378. The van der Waals surface area contributed by atoms with Crippen molar-refractivity contribution in [2.45, 2.75) is 26.7 Å². The van der Waals surface area contributed by atoms with Crippen LogP contribution in [0.25, 0.3) is 0 Å². The molecule has 0 aliphatic rings. The molecule has 0 bridgehead atoms. The zero-order valence-electron chi connectivity index (χ0n) is 7.58. The fraction of sp³-hybridized carbons (Fsp3) is 0.875. The van der Waals surface area contributed by atoms with E-state index in [9.17, 15) is 4.79 Å². The van der Waals surface area contributed by atoms with E-state index in [2.05, 4.69) is 11.8 Å². The highest BCUT2D eigenvalue weighted by atomic mass is 17.1. The molecule has 0 saturated carbocycles. The van der Waals surface area contributed by atoms with Crippen molar-refractivity contribution in [3.8, 4) is 0 Å². The van der Waals surface area contributed by atoms with Crippen molar-refractivity contribution in [3.63, 3.8) is 0 Å². The molecule has 1 atom stereocenters. The van der Waals surface area contributed by atoms with Gasteiger partial charge < -0.3 is 9.62 Å². The minimum Gasteiger partial charge on any atom is -0.381 e. The summed E-state index contributed by atoms with van der Waals surface area (Å²) >= 11 is 0. The van der Waals surface area contributed by atoms with Crippen molar-refractivity contribution in [1.82, 2.24) is 0 Å². The number of carbonyl (C=O) groups excluding carboxylic acids is 1. The Balaban J connectivity index is 3.31. The molecule has 0 aromatic carbocycles. The van der Waals surface area contributed by atoms with Crippen molar-refractivity contribution in [2.24, 2.45) is 5.92 Å². The van der Waals surface area contributed by atoms with Crippen molar-refractivity contribution in [3.05, 3.63) is 0 Å². The molecular weight excluding hydrogens is 160 g/mol. The third-order valence-corrected chi connectivity index (χ3v) is 1.50. The zero-order valence-corrected chi connectivity index (χ0v) is 7.58. The minimum absolute atomic E-state index is 0.305. The fourth-order valence-corrected chi connectivity index (χ4v) is 0.665. The van der Waals surface area contributed by atoms with Crippen molar-refractivity contribution in [2.75, 3.05) is 13.2 Å². The van der Waals surface area contributed by atoms with E-state index in [1.807, 2.05) is 0 Å². The van der Waals surface area contributed by atoms with Crippen molar-refractivity contribution in [1.29, 1.82) is 0 Å². The second-order valence-electron chi connectivity index (χ2n) is 2.74. The lowest BCUT2D eigenvalue weighted by atomic mass is 10.2. The Bertz CT molecular complexity index is 124. The summed E-state index contributed by atoms with van der Waals surface area (Å²) in [6.45, 7) is 4.66. The fourth-order valence-electron chi connectivity index (χ4n) is 0.665. The summed E-state index contributed by atoms with van der Waals surface area (Å²) in [5.74, 6) is -1.04. The van der Waals surface area contributed by atoms with Crippen LogP contribution in [0.5, 0.6) is 0 Å². The minimum atomic E-state index is -0.647. The molecule has 1 N–H and O–H groups in total. The summed E-state index contributed by atoms with van der Waals surface area (Å²) in [6, 6.07) is 0. The molecule has 4 heteroatoms. The predicted octanol–water partition coefficient (Wildman–Crippen LogP) is 1.46. The van der Waals surface area contributed by atoms with Gasteiger partial charge >= 0.3 is 5.97 Å². The van der Waals surface area contributed by atoms with E-state index in [0.717, 1.165) is 12.8 Å². The maximum atomic E-state index is 10.6. The van der Waals surface area contributed by atoms with Crippen LogP contribution in [0.1, 0.15) is 26.7 Å². The predicted molar refractivity (Wildman–Crippen MR) is 43.6 cm³/mol. The first-order valence-corrected chi connectivity index (χ1v) is 4.15. The van der Waals surface area contributed by atoms with Gasteiger partial charge in [-0.1, -0.05) is 13.3 Å². The molecular formula is C8H16O4. The highest BCUT2D eigenvalue weighted by Crippen LogP contribution is 1.99. The Morgan fingerprint density at radius 3 is 2.75 bits per heavy atom. The molecule has 72 valence electrons. The van der Waals surface area contributed by atoms with Crippen LogP contribution in [0, 0.1) is 5.92 Å². The maximum Gasteiger partial charge on any atom is 0.347 e. The molecule has 12 heavy (non-hydrogen) atoms. The van der Waals surface area contributed by atoms with Gasteiger partial charge in [0, 0.05) is 6.61 Å². The van der Waals surface area contributed by atoms with Gasteiger partial charge in [-0.05, 0) is 13.3 Å². The van der Waals surface area contributed by atoms with Crippen LogP contribution >= 0.6 is 0 Å². The first kappa shape index (κ1) is 11.4. The van der Waals surface area contributed by atoms with Crippen LogP contribution in [0.3, 0.4) is 0 Å². The van der Waals surface area contributed by atoms with Gasteiger partial charge in [0.25, 0.3) is 0 Å². The van der Waals surface area contributed by atoms with Gasteiger partial charge in [-0.2, -0.15) is 5.26 Å². The van der Waals surface area contributed by atoms with Crippen LogP contribution in [0.4, 0.5) is 0 Å². The molecule has 4 nitrogen and oxygen atoms in total. The molecule has 0 spiro atoms. The van der Waals surface area contributed by atoms with Crippen molar-refractivity contribution >= 4 is 5.97 Å². The molecule has 0 aromatic rings. The largest absolute Gasteiger partial charge is 0.381 e. The highest BCUT2D eigenvalue weighted by molar-refractivity contribution is 5.71. The summed E-state index contributed by atoms with van der Waals surface area (Å²) in [5.41, 5.74) is 0. The SMILES string of the molecule is CCCCOCC(C)C(=O)OO. The molecule has 1 unspecified atom stereocenters. The topological polar surface area (TPSA) is 55.8 Å². The van der Waals surface area contributed by atoms with E-state index in [-0.39, 0.29) is 0 Å². The Morgan fingerprint density at radius 2 is 2.25 bits per heavy atom. The van der Waals surface area contributed by atoms with Gasteiger partial charge in [0.05, 0.1) is 12.5 Å². The van der Waals surface area contributed by atoms with Gasteiger partial charge in [-0.25, -0.2) is 4.79 Å². The standard InChI is InChI=1S/C8H16O4/c1-3-4-5-11-6-7(2)8(9)12-10/h7,10H,3-6H2,1-2H3. The Kier molecular flexibility index (Phi) is 6.70. The molecule has 0 fully saturated rings. The smallest absolute Gasteiger partial charge is 0.347 e. The zero-order chi connectivity index (χ0) is 9.40. The van der Waals surface area contributed by atoms with Gasteiger partial charge in [0.1, 0.15) is 0 Å².